The molecule has 0 nitrogen and oxygen atoms in total. The van der Waals surface area contributed by atoms with Crippen LogP contribution in [0.5, 0.6) is 0 Å². The highest BCUT2D eigenvalue weighted by Crippen LogP contribution is 2.33. The maximum absolute atomic E-state index is 6.01. The van der Waals surface area contributed by atoms with Gasteiger partial charge in [-0.15, -0.1) is 0 Å². The first kappa shape index (κ1) is 11.5. The lowest BCUT2D eigenvalue weighted by atomic mass is 9.97. The van der Waals surface area contributed by atoms with Crippen molar-refractivity contribution in [3.63, 3.8) is 0 Å². The molecule has 2 rings (SSSR count). The third-order valence-electron chi connectivity index (χ3n) is 3.22. The van der Waals surface area contributed by atoms with Crippen LogP contribution in [-0.4, -0.2) is 4.83 Å². The van der Waals surface area contributed by atoms with Crippen molar-refractivity contribution in [1.82, 2.24) is 0 Å². The van der Waals surface area contributed by atoms with Gasteiger partial charge in [-0.2, -0.15) is 0 Å². The fourth-order valence-corrected chi connectivity index (χ4v) is 3.28. The molecule has 1 saturated carbocycles. The highest BCUT2D eigenvalue weighted by molar-refractivity contribution is 9.09. The highest BCUT2D eigenvalue weighted by Gasteiger charge is 2.22. The van der Waals surface area contributed by atoms with Gasteiger partial charge in [0.05, 0.1) is 0 Å². The normalized spacial score (nSPS) is 25.8. The summed E-state index contributed by atoms with van der Waals surface area (Å²) in [5.41, 5.74) is 2.63. The third-order valence-corrected chi connectivity index (χ3v) is 4.48. The summed E-state index contributed by atoms with van der Waals surface area (Å²) in [6.45, 7) is 2.08. The second-order valence-electron chi connectivity index (χ2n) is 4.56. The topological polar surface area (TPSA) is 0 Å². The van der Waals surface area contributed by atoms with Crippen molar-refractivity contribution >= 4 is 27.5 Å². The number of halogens is 2. The second kappa shape index (κ2) is 4.88. The van der Waals surface area contributed by atoms with Crippen LogP contribution in [0.2, 0.25) is 5.02 Å². The van der Waals surface area contributed by atoms with E-state index in [2.05, 4.69) is 35.0 Å². The zero-order valence-corrected chi connectivity index (χ0v) is 11.3. The van der Waals surface area contributed by atoms with Crippen molar-refractivity contribution in [2.45, 2.75) is 37.4 Å². The molecular weight excluding hydrogens is 272 g/mol. The summed E-state index contributed by atoms with van der Waals surface area (Å²) in [6, 6.07) is 6.41. The van der Waals surface area contributed by atoms with Gasteiger partial charge in [-0.3, -0.25) is 0 Å². The van der Waals surface area contributed by atoms with E-state index in [1.807, 2.05) is 6.07 Å². The Balaban J connectivity index is 2.02. The second-order valence-corrected chi connectivity index (χ2v) is 6.27. The van der Waals surface area contributed by atoms with Crippen LogP contribution >= 0.6 is 27.5 Å². The standard InChI is InChI=1S/C13H16BrCl/c1-9-6-10(3-5-13(9)15)7-11-2-4-12(14)8-11/h3,5-6,11-12H,2,4,7-8H2,1H3. The molecule has 0 N–H and O–H groups in total. The van der Waals surface area contributed by atoms with Crippen LogP contribution in [0.3, 0.4) is 0 Å². The number of benzene rings is 1. The highest BCUT2D eigenvalue weighted by atomic mass is 79.9. The molecular formula is C13H16BrCl. The first-order valence-electron chi connectivity index (χ1n) is 5.54. The Morgan fingerprint density at radius 2 is 2.20 bits per heavy atom. The van der Waals surface area contributed by atoms with E-state index in [1.165, 1.54) is 36.8 Å². The molecule has 0 radical (unpaired) electrons. The van der Waals surface area contributed by atoms with Gasteiger partial charge in [0.15, 0.2) is 0 Å². The van der Waals surface area contributed by atoms with Crippen molar-refractivity contribution < 1.29 is 0 Å². The largest absolute Gasteiger partial charge is 0.0891 e. The van der Waals surface area contributed by atoms with Crippen molar-refractivity contribution in [3.8, 4) is 0 Å². The molecule has 2 heteroatoms. The van der Waals surface area contributed by atoms with E-state index in [9.17, 15) is 0 Å². The molecule has 0 aromatic heterocycles. The first-order valence-corrected chi connectivity index (χ1v) is 6.83. The van der Waals surface area contributed by atoms with E-state index in [0.29, 0.717) is 0 Å². The van der Waals surface area contributed by atoms with Gasteiger partial charge in [0.1, 0.15) is 0 Å². The van der Waals surface area contributed by atoms with Crippen LogP contribution in [0.4, 0.5) is 0 Å². The Hall–Kier alpha value is -0.0100. The van der Waals surface area contributed by atoms with Crippen LogP contribution in [-0.2, 0) is 6.42 Å². The van der Waals surface area contributed by atoms with Gasteiger partial charge in [0.2, 0.25) is 0 Å². The molecule has 2 unspecified atom stereocenters. The van der Waals surface area contributed by atoms with E-state index in [0.717, 1.165) is 15.8 Å². The Kier molecular flexibility index (Phi) is 3.73. The SMILES string of the molecule is Cc1cc(CC2CCC(Br)C2)ccc1Cl. The lowest BCUT2D eigenvalue weighted by Crippen LogP contribution is -2.00. The van der Waals surface area contributed by atoms with Crippen molar-refractivity contribution in [1.29, 1.82) is 0 Å². The average molecular weight is 288 g/mol. The first-order chi connectivity index (χ1) is 7.15. The summed E-state index contributed by atoms with van der Waals surface area (Å²) in [5, 5.41) is 0.878. The predicted molar refractivity (Wildman–Crippen MR) is 69.9 cm³/mol. The van der Waals surface area contributed by atoms with Gasteiger partial charge in [-0.1, -0.05) is 39.7 Å². The van der Waals surface area contributed by atoms with E-state index < -0.39 is 0 Å². The van der Waals surface area contributed by atoms with Gasteiger partial charge >= 0.3 is 0 Å². The number of aryl methyl sites for hydroxylation is 1. The van der Waals surface area contributed by atoms with Crippen LogP contribution in [0.15, 0.2) is 18.2 Å². The monoisotopic (exact) mass is 286 g/mol. The van der Waals surface area contributed by atoms with Gasteiger partial charge in [-0.25, -0.2) is 0 Å². The fraction of sp³-hybridized carbons (Fsp3) is 0.538. The summed E-state index contributed by atoms with van der Waals surface area (Å²) in [4.78, 5) is 0.746. The van der Waals surface area contributed by atoms with Gasteiger partial charge in [-0.05, 0) is 55.7 Å². The minimum absolute atomic E-state index is 0.746. The number of alkyl halides is 1. The van der Waals surface area contributed by atoms with Gasteiger partial charge < -0.3 is 0 Å². The molecule has 82 valence electrons. The molecule has 0 spiro atoms. The molecule has 0 amide bonds. The van der Waals surface area contributed by atoms with Crippen molar-refractivity contribution in [2.24, 2.45) is 5.92 Å². The van der Waals surface area contributed by atoms with E-state index >= 15 is 0 Å². The summed E-state index contributed by atoms with van der Waals surface area (Å²) in [5.74, 6) is 0.856. The van der Waals surface area contributed by atoms with Crippen molar-refractivity contribution in [3.05, 3.63) is 34.3 Å². The maximum atomic E-state index is 6.01. The molecule has 1 aliphatic carbocycles. The Labute approximate surface area is 105 Å². The van der Waals surface area contributed by atoms with E-state index in [-0.39, 0.29) is 0 Å². The Bertz CT molecular complexity index is 348. The smallest absolute Gasteiger partial charge is 0.0435 e. The predicted octanol–water partition coefficient (Wildman–Crippen LogP) is 4.75. The van der Waals surface area contributed by atoms with Gasteiger partial charge in [0.25, 0.3) is 0 Å². The summed E-state index contributed by atoms with van der Waals surface area (Å²) in [6.07, 6.45) is 5.22. The molecule has 0 saturated heterocycles. The minimum Gasteiger partial charge on any atom is -0.0891 e. The number of hydrogen-bond acceptors (Lipinski definition) is 0. The lowest BCUT2D eigenvalue weighted by molar-refractivity contribution is 0.548. The van der Waals surface area contributed by atoms with Crippen LogP contribution in [0.1, 0.15) is 30.4 Å². The lowest BCUT2D eigenvalue weighted by Gasteiger charge is -2.10. The van der Waals surface area contributed by atoms with Gasteiger partial charge in [0, 0.05) is 9.85 Å². The molecule has 1 fully saturated rings. The molecule has 0 heterocycles. The molecule has 1 aromatic rings. The average Bonchev–Trinajstić information content (AvgIpc) is 2.58. The number of rotatable bonds is 2. The molecule has 0 bridgehead atoms. The number of hydrogen-bond donors (Lipinski definition) is 0. The Morgan fingerprint density at radius 1 is 1.40 bits per heavy atom. The van der Waals surface area contributed by atoms with Crippen LogP contribution in [0.25, 0.3) is 0 Å². The third kappa shape index (κ3) is 2.98. The zero-order chi connectivity index (χ0) is 10.8. The van der Waals surface area contributed by atoms with Crippen molar-refractivity contribution in [2.75, 3.05) is 0 Å². The molecule has 2 atom stereocenters. The van der Waals surface area contributed by atoms with Crippen LogP contribution in [0, 0.1) is 12.8 Å². The summed E-state index contributed by atoms with van der Waals surface area (Å²) in [7, 11) is 0. The summed E-state index contributed by atoms with van der Waals surface area (Å²) >= 11 is 9.71. The fourth-order valence-electron chi connectivity index (χ4n) is 2.37. The van der Waals surface area contributed by atoms with Crippen LogP contribution < -0.4 is 0 Å². The zero-order valence-electron chi connectivity index (χ0n) is 8.97. The molecule has 1 aromatic carbocycles. The van der Waals surface area contributed by atoms with E-state index in [4.69, 9.17) is 11.6 Å². The minimum atomic E-state index is 0.746. The Morgan fingerprint density at radius 3 is 2.80 bits per heavy atom. The molecule has 1 aliphatic rings. The van der Waals surface area contributed by atoms with E-state index in [1.54, 1.807) is 0 Å². The molecule has 0 aliphatic heterocycles. The quantitative estimate of drug-likeness (QED) is 0.688. The maximum Gasteiger partial charge on any atom is 0.0435 e. The summed E-state index contributed by atoms with van der Waals surface area (Å²) < 4.78 is 0. The molecule has 15 heavy (non-hydrogen) atoms.